The van der Waals surface area contributed by atoms with E-state index >= 15 is 0 Å². The maximum absolute atomic E-state index is 12.4. The molecule has 0 amide bonds. The van der Waals surface area contributed by atoms with Gasteiger partial charge in [0.05, 0.1) is 12.7 Å². The van der Waals surface area contributed by atoms with Crippen LogP contribution in [-0.4, -0.2) is 46.1 Å². The fourth-order valence-corrected chi connectivity index (χ4v) is 3.55. The number of carboxylic acids is 1. The van der Waals surface area contributed by atoms with Gasteiger partial charge in [-0.3, -0.25) is 4.79 Å². The Morgan fingerprint density at radius 2 is 2.04 bits per heavy atom. The zero-order valence-electron chi connectivity index (χ0n) is 16.0. The lowest BCUT2D eigenvalue weighted by Gasteiger charge is -2.28. The second-order valence-electron chi connectivity index (χ2n) is 7.45. The fraction of sp³-hybridized carbons (Fsp3) is 0.800. The summed E-state index contributed by atoms with van der Waals surface area (Å²) in [7, 11) is 0. The highest BCUT2D eigenvalue weighted by molar-refractivity contribution is 5.87. The van der Waals surface area contributed by atoms with Crippen molar-refractivity contribution in [2.75, 3.05) is 6.61 Å². The Morgan fingerprint density at radius 3 is 2.69 bits per heavy atom. The summed E-state index contributed by atoms with van der Waals surface area (Å²) in [6.45, 7) is 4.26. The van der Waals surface area contributed by atoms with E-state index in [0.29, 0.717) is 19.3 Å². The van der Waals surface area contributed by atoms with Crippen LogP contribution in [0.3, 0.4) is 0 Å². The van der Waals surface area contributed by atoms with Crippen LogP contribution >= 0.6 is 0 Å². The van der Waals surface area contributed by atoms with Crippen molar-refractivity contribution in [3.8, 4) is 0 Å². The summed E-state index contributed by atoms with van der Waals surface area (Å²) in [6, 6.07) is 0. The van der Waals surface area contributed by atoms with E-state index in [2.05, 4.69) is 6.92 Å². The van der Waals surface area contributed by atoms with Crippen molar-refractivity contribution in [3.05, 3.63) is 12.2 Å². The number of aliphatic hydroxyl groups excluding tert-OH is 2. The topological polar surface area (TPSA) is 104 Å². The van der Waals surface area contributed by atoms with E-state index in [1.165, 1.54) is 0 Å². The van der Waals surface area contributed by atoms with Gasteiger partial charge in [-0.1, -0.05) is 51.7 Å². The molecule has 0 aromatic heterocycles. The predicted octanol–water partition coefficient (Wildman–Crippen LogP) is 3.06. The molecule has 0 spiro atoms. The first-order valence-corrected chi connectivity index (χ1v) is 9.73. The molecule has 1 rings (SSSR count). The summed E-state index contributed by atoms with van der Waals surface area (Å²) in [4.78, 5) is 22.8. The number of aliphatic carboxylic acids is 1. The predicted molar refractivity (Wildman–Crippen MR) is 98.6 cm³/mol. The Labute approximate surface area is 156 Å². The van der Waals surface area contributed by atoms with Gasteiger partial charge in [0.15, 0.2) is 0 Å². The molecular formula is C20H34O6. The monoisotopic (exact) mass is 370 g/mol. The number of ether oxygens (including phenoxy) is 1. The van der Waals surface area contributed by atoms with Crippen molar-refractivity contribution in [1.29, 1.82) is 0 Å². The number of carbonyl (C=O) groups excluding carboxylic acids is 1. The average Bonchev–Trinajstić information content (AvgIpc) is 2.87. The first-order valence-electron chi connectivity index (χ1n) is 9.73. The molecule has 1 fully saturated rings. The molecule has 0 saturated heterocycles. The number of aliphatic hydroxyl groups is 2. The van der Waals surface area contributed by atoms with Crippen LogP contribution in [0.4, 0.5) is 0 Å². The molecule has 6 heteroatoms. The quantitative estimate of drug-likeness (QED) is 0.261. The van der Waals surface area contributed by atoms with E-state index in [0.717, 1.165) is 38.5 Å². The zero-order valence-corrected chi connectivity index (χ0v) is 16.0. The smallest absolute Gasteiger partial charge is 0.360 e. The molecule has 1 saturated carbocycles. The minimum absolute atomic E-state index is 0.126. The largest absolute Gasteiger partial charge is 0.477 e. The molecule has 4 atom stereocenters. The molecule has 0 aliphatic heterocycles. The van der Waals surface area contributed by atoms with Crippen LogP contribution in [-0.2, 0) is 14.3 Å². The lowest BCUT2D eigenvalue weighted by molar-refractivity contribution is -0.176. The van der Waals surface area contributed by atoms with Crippen LogP contribution < -0.4 is 0 Å². The molecule has 0 radical (unpaired) electrons. The number of ketones is 1. The Hall–Kier alpha value is -1.24. The lowest BCUT2D eigenvalue weighted by Crippen LogP contribution is -2.28. The lowest BCUT2D eigenvalue weighted by atomic mass is 9.75. The molecule has 1 aliphatic rings. The minimum atomic E-state index is -1.79. The number of unbranched alkanes of at least 4 members (excludes halogenated alkanes) is 3. The Kier molecular flexibility index (Phi) is 10.1. The van der Waals surface area contributed by atoms with Gasteiger partial charge in [-0.2, -0.15) is 0 Å². The molecule has 0 aromatic carbocycles. The first kappa shape index (κ1) is 22.8. The van der Waals surface area contributed by atoms with Crippen LogP contribution in [0.2, 0.25) is 0 Å². The Bertz CT molecular complexity index is 475. The maximum atomic E-state index is 12.4. The molecule has 26 heavy (non-hydrogen) atoms. The molecule has 2 unspecified atom stereocenters. The highest BCUT2D eigenvalue weighted by Gasteiger charge is 2.43. The van der Waals surface area contributed by atoms with E-state index in [-0.39, 0.29) is 18.3 Å². The number of hydrogen-bond donors (Lipinski definition) is 3. The molecule has 0 heterocycles. The van der Waals surface area contributed by atoms with Crippen molar-refractivity contribution in [2.45, 2.75) is 84.0 Å². The standard InChI is InChI=1S/C20H34O6/c1-3-4-5-8-16(21)11-9-15-10-12-17(22)20(15,2)13-6-7-14-26-19(25)18(23)24/h9,11,15-16,19,21,25H,3-8,10,12-14H2,1-2H3,(H,23,24)/t15-,16?,19?,20+/m0/s1. The van der Waals surface area contributed by atoms with Gasteiger partial charge in [-0.25, -0.2) is 4.79 Å². The highest BCUT2D eigenvalue weighted by Crippen LogP contribution is 2.44. The van der Waals surface area contributed by atoms with Crippen LogP contribution in [0.25, 0.3) is 0 Å². The molecule has 0 aromatic rings. The van der Waals surface area contributed by atoms with E-state index in [4.69, 9.17) is 14.9 Å². The van der Waals surface area contributed by atoms with Gasteiger partial charge in [-0.05, 0) is 31.6 Å². The normalized spacial score (nSPS) is 25.7. The molecule has 0 bridgehead atoms. The third-order valence-corrected chi connectivity index (χ3v) is 5.38. The van der Waals surface area contributed by atoms with E-state index in [1.54, 1.807) is 0 Å². The third kappa shape index (κ3) is 7.17. The van der Waals surface area contributed by atoms with Crippen molar-refractivity contribution in [3.63, 3.8) is 0 Å². The number of hydrogen-bond acceptors (Lipinski definition) is 5. The third-order valence-electron chi connectivity index (χ3n) is 5.38. The molecular weight excluding hydrogens is 336 g/mol. The summed E-state index contributed by atoms with van der Waals surface area (Å²) >= 11 is 0. The number of allylic oxidation sites excluding steroid dienone is 1. The number of carboxylic acid groups (broad SMARTS) is 1. The summed E-state index contributed by atoms with van der Waals surface area (Å²) < 4.78 is 4.80. The molecule has 150 valence electrons. The van der Waals surface area contributed by atoms with Gasteiger partial charge in [0.2, 0.25) is 0 Å². The van der Waals surface area contributed by atoms with Gasteiger partial charge < -0.3 is 20.1 Å². The van der Waals surface area contributed by atoms with Crippen LogP contribution in [0.1, 0.15) is 71.6 Å². The van der Waals surface area contributed by atoms with Gasteiger partial charge in [0.1, 0.15) is 5.78 Å². The molecule has 3 N–H and O–H groups in total. The Morgan fingerprint density at radius 1 is 1.31 bits per heavy atom. The van der Waals surface area contributed by atoms with Crippen LogP contribution in [0.15, 0.2) is 12.2 Å². The summed E-state index contributed by atoms with van der Waals surface area (Å²) in [5.74, 6) is -1.02. The van der Waals surface area contributed by atoms with Crippen molar-refractivity contribution < 1.29 is 29.6 Å². The van der Waals surface area contributed by atoms with E-state index in [9.17, 15) is 14.7 Å². The first-order chi connectivity index (χ1) is 12.3. The minimum Gasteiger partial charge on any atom is -0.477 e. The average molecular weight is 370 g/mol. The van der Waals surface area contributed by atoms with E-state index in [1.807, 2.05) is 19.1 Å². The second-order valence-corrected chi connectivity index (χ2v) is 7.45. The van der Waals surface area contributed by atoms with Gasteiger partial charge in [0, 0.05) is 11.8 Å². The highest BCUT2D eigenvalue weighted by atomic mass is 16.6. The second kappa shape index (κ2) is 11.5. The Balaban J connectivity index is 2.44. The summed E-state index contributed by atoms with van der Waals surface area (Å²) in [6.07, 6.45) is 8.97. The van der Waals surface area contributed by atoms with Gasteiger partial charge in [-0.15, -0.1) is 0 Å². The number of carbonyl (C=O) groups is 2. The van der Waals surface area contributed by atoms with Gasteiger partial charge >= 0.3 is 5.97 Å². The zero-order chi connectivity index (χ0) is 19.6. The van der Waals surface area contributed by atoms with Crippen LogP contribution in [0, 0.1) is 11.3 Å². The van der Waals surface area contributed by atoms with Crippen molar-refractivity contribution in [1.82, 2.24) is 0 Å². The van der Waals surface area contributed by atoms with Gasteiger partial charge in [0.25, 0.3) is 6.29 Å². The number of Topliss-reactive ketones (excluding diaryl/α,β-unsaturated/α-hetero) is 1. The summed E-state index contributed by atoms with van der Waals surface area (Å²) in [5.41, 5.74) is -0.439. The molecule has 6 nitrogen and oxygen atoms in total. The van der Waals surface area contributed by atoms with Crippen molar-refractivity contribution in [2.24, 2.45) is 11.3 Å². The van der Waals surface area contributed by atoms with Crippen molar-refractivity contribution >= 4 is 11.8 Å². The van der Waals surface area contributed by atoms with Crippen LogP contribution in [0.5, 0.6) is 0 Å². The SMILES string of the molecule is CCCCCC(O)C=C[C@H]1CCC(=O)[C@]1(C)CCCCOC(O)C(=O)O. The molecule has 1 aliphatic carbocycles. The number of rotatable bonds is 13. The fourth-order valence-electron chi connectivity index (χ4n) is 3.55. The maximum Gasteiger partial charge on any atom is 0.360 e. The summed E-state index contributed by atoms with van der Waals surface area (Å²) in [5, 5.41) is 27.7. The van der Waals surface area contributed by atoms with E-state index < -0.39 is 23.8 Å².